The van der Waals surface area contributed by atoms with Crippen LogP contribution in [0.1, 0.15) is 22.1 Å². The van der Waals surface area contributed by atoms with Crippen LogP contribution in [0.5, 0.6) is 0 Å². The standard InChI is InChI=1S/C18H14BrN3O3/c19-13-8-4-7-12(9-13)16(17(20)23)21-18(24)14-10-15(25-22-14)11-5-2-1-3-6-11/h1-10,16H,(H2,20,23)(H,21,24). The molecule has 0 saturated heterocycles. The Morgan fingerprint density at radius 3 is 2.52 bits per heavy atom. The quantitative estimate of drug-likeness (QED) is 0.688. The molecule has 2 amide bonds. The van der Waals surface area contributed by atoms with Gasteiger partial charge in [-0.1, -0.05) is 63.6 Å². The molecule has 0 spiro atoms. The first-order chi connectivity index (χ1) is 12.0. The van der Waals surface area contributed by atoms with Crippen molar-refractivity contribution < 1.29 is 14.1 Å². The van der Waals surface area contributed by atoms with E-state index in [4.69, 9.17) is 10.3 Å². The number of rotatable bonds is 5. The Hall–Kier alpha value is -2.93. The summed E-state index contributed by atoms with van der Waals surface area (Å²) in [5.41, 5.74) is 6.87. The molecule has 25 heavy (non-hydrogen) atoms. The molecule has 3 aromatic rings. The van der Waals surface area contributed by atoms with Gasteiger partial charge < -0.3 is 15.6 Å². The van der Waals surface area contributed by atoms with Gasteiger partial charge in [0.2, 0.25) is 5.91 Å². The van der Waals surface area contributed by atoms with Crippen LogP contribution >= 0.6 is 15.9 Å². The summed E-state index contributed by atoms with van der Waals surface area (Å²) >= 11 is 3.33. The van der Waals surface area contributed by atoms with Crippen molar-refractivity contribution in [3.63, 3.8) is 0 Å². The van der Waals surface area contributed by atoms with Crippen molar-refractivity contribution in [1.82, 2.24) is 10.5 Å². The predicted molar refractivity (Wildman–Crippen MR) is 95.5 cm³/mol. The van der Waals surface area contributed by atoms with E-state index in [0.29, 0.717) is 11.3 Å². The van der Waals surface area contributed by atoms with Crippen LogP contribution < -0.4 is 11.1 Å². The summed E-state index contributed by atoms with van der Waals surface area (Å²) in [7, 11) is 0. The second-order valence-corrected chi connectivity index (χ2v) is 6.22. The van der Waals surface area contributed by atoms with Crippen LogP contribution in [-0.4, -0.2) is 17.0 Å². The molecule has 0 fully saturated rings. The lowest BCUT2D eigenvalue weighted by molar-refractivity contribution is -0.120. The third kappa shape index (κ3) is 3.95. The third-order valence-corrected chi connectivity index (χ3v) is 4.04. The van der Waals surface area contributed by atoms with Crippen LogP contribution in [0.4, 0.5) is 0 Å². The van der Waals surface area contributed by atoms with Crippen LogP contribution in [0.25, 0.3) is 11.3 Å². The van der Waals surface area contributed by atoms with Gasteiger partial charge in [0.05, 0.1) is 0 Å². The van der Waals surface area contributed by atoms with E-state index < -0.39 is 17.9 Å². The molecule has 0 aliphatic rings. The van der Waals surface area contributed by atoms with Gasteiger partial charge in [-0.3, -0.25) is 9.59 Å². The zero-order valence-corrected chi connectivity index (χ0v) is 14.6. The van der Waals surface area contributed by atoms with Crippen LogP contribution in [0, 0.1) is 0 Å². The highest BCUT2D eigenvalue weighted by atomic mass is 79.9. The molecule has 2 aromatic carbocycles. The lowest BCUT2D eigenvalue weighted by Gasteiger charge is -2.15. The molecule has 0 bridgehead atoms. The maximum atomic E-state index is 12.4. The van der Waals surface area contributed by atoms with Crippen molar-refractivity contribution >= 4 is 27.7 Å². The second-order valence-electron chi connectivity index (χ2n) is 5.31. The molecular formula is C18H14BrN3O3. The molecule has 7 heteroatoms. The SMILES string of the molecule is NC(=O)C(NC(=O)c1cc(-c2ccccc2)on1)c1cccc(Br)c1. The number of primary amides is 1. The summed E-state index contributed by atoms with van der Waals surface area (Å²) in [5, 5.41) is 6.35. The molecule has 0 aliphatic carbocycles. The number of hydrogen-bond donors (Lipinski definition) is 2. The van der Waals surface area contributed by atoms with Crippen LogP contribution in [0.3, 0.4) is 0 Å². The van der Waals surface area contributed by atoms with Crippen molar-refractivity contribution in [2.45, 2.75) is 6.04 Å². The molecule has 1 aromatic heterocycles. The maximum Gasteiger partial charge on any atom is 0.274 e. The minimum Gasteiger partial charge on any atom is -0.368 e. The number of nitrogens with one attached hydrogen (secondary N) is 1. The topological polar surface area (TPSA) is 98.2 Å². The molecule has 0 radical (unpaired) electrons. The predicted octanol–water partition coefficient (Wildman–Crippen LogP) is 3.06. The Bertz CT molecular complexity index is 909. The Morgan fingerprint density at radius 2 is 1.84 bits per heavy atom. The smallest absolute Gasteiger partial charge is 0.274 e. The van der Waals surface area contributed by atoms with Crippen LogP contribution in [0.15, 0.2) is 69.7 Å². The van der Waals surface area contributed by atoms with E-state index in [0.717, 1.165) is 10.0 Å². The number of benzene rings is 2. The second kappa shape index (κ2) is 7.31. The Labute approximate surface area is 152 Å². The minimum absolute atomic E-state index is 0.0695. The zero-order chi connectivity index (χ0) is 17.8. The first-order valence-electron chi connectivity index (χ1n) is 7.42. The van der Waals surface area contributed by atoms with E-state index in [9.17, 15) is 9.59 Å². The van der Waals surface area contributed by atoms with Crippen molar-refractivity contribution in [2.75, 3.05) is 0 Å². The first-order valence-corrected chi connectivity index (χ1v) is 8.21. The summed E-state index contributed by atoms with van der Waals surface area (Å²) in [6.45, 7) is 0. The molecule has 0 saturated carbocycles. The van der Waals surface area contributed by atoms with E-state index in [1.54, 1.807) is 18.2 Å². The molecule has 3 N–H and O–H groups in total. The van der Waals surface area contributed by atoms with E-state index >= 15 is 0 Å². The van der Waals surface area contributed by atoms with Crippen molar-refractivity contribution in [3.8, 4) is 11.3 Å². The zero-order valence-electron chi connectivity index (χ0n) is 13.0. The van der Waals surface area contributed by atoms with E-state index in [2.05, 4.69) is 26.4 Å². The van der Waals surface area contributed by atoms with Gasteiger partial charge in [0.15, 0.2) is 11.5 Å². The number of halogens is 1. The van der Waals surface area contributed by atoms with Gasteiger partial charge in [0.1, 0.15) is 6.04 Å². The fourth-order valence-electron chi connectivity index (χ4n) is 2.33. The summed E-state index contributed by atoms with van der Waals surface area (Å²) < 4.78 is 5.98. The van der Waals surface area contributed by atoms with Gasteiger partial charge >= 0.3 is 0 Å². The molecule has 1 unspecified atom stereocenters. The molecule has 0 aliphatic heterocycles. The Kier molecular flexibility index (Phi) is 4.95. The molecule has 6 nitrogen and oxygen atoms in total. The summed E-state index contributed by atoms with van der Waals surface area (Å²) in [6, 6.07) is 16.8. The van der Waals surface area contributed by atoms with E-state index in [1.807, 2.05) is 36.4 Å². The number of aromatic nitrogens is 1. The highest BCUT2D eigenvalue weighted by Crippen LogP contribution is 2.21. The highest BCUT2D eigenvalue weighted by molar-refractivity contribution is 9.10. The molecule has 1 heterocycles. The van der Waals surface area contributed by atoms with E-state index in [-0.39, 0.29) is 5.69 Å². The number of nitrogens with zero attached hydrogens (tertiary/aromatic N) is 1. The monoisotopic (exact) mass is 399 g/mol. The van der Waals surface area contributed by atoms with Crippen LogP contribution in [-0.2, 0) is 4.79 Å². The van der Waals surface area contributed by atoms with E-state index in [1.165, 1.54) is 6.07 Å². The normalized spacial score (nSPS) is 11.7. The van der Waals surface area contributed by atoms with Crippen LogP contribution in [0.2, 0.25) is 0 Å². The fourth-order valence-corrected chi connectivity index (χ4v) is 2.75. The number of hydrogen-bond acceptors (Lipinski definition) is 4. The van der Waals surface area contributed by atoms with Gasteiger partial charge in [-0.05, 0) is 17.7 Å². The van der Waals surface area contributed by atoms with Gasteiger partial charge in [0, 0.05) is 16.1 Å². The van der Waals surface area contributed by atoms with Crippen molar-refractivity contribution in [2.24, 2.45) is 5.73 Å². The average Bonchev–Trinajstić information content (AvgIpc) is 3.10. The highest BCUT2D eigenvalue weighted by Gasteiger charge is 2.23. The number of carbonyl (C=O) groups is 2. The molecule has 126 valence electrons. The van der Waals surface area contributed by atoms with Gasteiger partial charge in [0.25, 0.3) is 5.91 Å². The van der Waals surface area contributed by atoms with Gasteiger partial charge in [-0.2, -0.15) is 0 Å². The number of carbonyl (C=O) groups excluding carboxylic acids is 2. The van der Waals surface area contributed by atoms with Gasteiger partial charge in [-0.15, -0.1) is 0 Å². The summed E-state index contributed by atoms with van der Waals surface area (Å²) in [4.78, 5) is 24.2. The lowest BCUT2D eigenvalue weighted by atomic mass is 10.1. The Morgan fingerprint density at radius 1 is 1.08 bits per heavy atom. The summed E-state index contributed by atoms with van der Waals surface area (Å²) in [5.74, 6) is -0.753. The van der Waals surface area contributed by atoms with Gasteiger partial charge in [-0.25, -0.2) is 0 Å². The molecule has 3 rings (SSSR count). The largest absolute Gasteiger partial charge is 0.368 e. The first kappa shape index (κ1) is 16.9. The minimum atomic E-state index is -0.970. The maximum absolute atomic E-state index is 12.4. The van der Waals surface area contributed by atoms with Crippen molar-refractivity contribution in [3.05, 3.63) is 76.4 Å². The molecular weight excluding hydrogens is 386 g/mol. The third-order valence-electron chi connectivity index (χ3n) is 3.54. The number of amides is 2. The average molecular weight is 400 g/mol. The fraction of sp³-hybridized carbons (Fsp3) is 0.0556. The van der Waals surface area contributed by atoms with Crippen molar-refractivity contribution in [1.29, 1.82) is 0 Å². The lowest BCUT2D eigenvalue weighted by Crippen LogP contribution is -2.37. The molecule has 1 atom stereocenters. The Balaban J connectivity index is 1.81. The number of nitrogens with two attached hydrogens (primary N) is 1. The summed E-state index contributed by atoms with van der Waals surface area (Å²) in [6.07, 6.45) is 0.